The molecule has 1 saturated carbocycles. The zero-order valence-corrected chi connectivity index (χ0v) is 14.5. The Morgan fingerprint density at radius 2 is 2.00 bits per heavy atom. The van der Waals surface area contributed by atoms with Crippen molar-refractivity contribution < 1.29 is 14.6 Å². The van der Waals surface area contributed by atoms with E-state index >= 15 is 0 Å². The van der Waals surface area contributed by atoms with Crippen molar-refractivity contribution in [1.82, 2.24) is 9.80 Å². The van der Waals surface area contributed by atoms with E-state index < -0.39 is 5.60 Å². The average Bonchev–Trinajstić information content (AvgIpc) is 2.49. The first-order valence-corrected chi connectivity index (χ1v) is 9.40. The summed E-state index contributed by atoms with van der Waals surface area (Å²) in [6, 6.07) is 0. The number of amides is 1. The Hall–Kier alpha value is -0.650. The Balaban J connectivity index is 1.40. The first-order valence-electron chi connectivity index (χ1n) is 9.40. The Kier molecular flexibility index (Phi) is 5.60. The Morgan fingerprint density at radius 3 is 2.61 bits per heavy atom. The van der Waals surface area contributed by atoms with Crippen LogP contribution in [0.15, 0.2) is 0 Å². The van der Waals surface area contributed by atoms with E-state index in [0.717, 1.165) is 71.6 Å². The minimum atomic E-state index is -0.525. The van der Waals surface area contributed by atoms with Crippen LogP contribution in [0.2, 0.25) is 0 Å². The average molecular weight is 324 g/mol. The highest BCUT2D eigenvalue weighted by molar-refractivity contribution is 5.76. The van der Waals surface area contributed by atoms with Gasteiger partial charge in [-0.15, -0.1) is 0 Å². The molecule has 0 aromatic carbocycles. The summed E-state index contributed by atoms with van der Waals surface area (Å²) in [6.45, 7) is 8.18. The van der Waals surface area contributed by atoms with Crippen molar-refractivity contribution in [3.8, 4) is 0 Å². The van der Waals surface area contributed by atoms with E-state index in [1.807, 2.05) is 4.90 Å². The predicted molar refractivity (Wildman–Crippen MR) is 89.1 cm³/mol. The van der Waals surface area contributed by atoms with Gasteiger partial charge in [-0.25, -0.2) is 0 Å². The number of ether oxygens (including phenoxy) is 1. The molecule has 2 saturated heterocycles. The number of carbonyl (C=O) groups is 1. The van der Waals surface area contributed by atoms with Crippen molar-refractivity contribution >= 4 is 5.91 Å². The number of hydrogen-bond donors (Lipinski definition) is 1. The summed E-state index contributed by atoms with van der Waals surface area (Å²) in [5.41, 5.74) is -0.525. The molecule has 3 rings (SSSR count). The van der Waals surface area contributed by atoms with E-state index in [9.17, 15) is 9.90 Å². The van der Waals surface area contributed by atoms with Gasteiger partial charge in [-0.05, 0) is 38.1 Å². The number of carbonyl (C=O) groups excluding carboxylic acids is 1. The third kappa shape index (κ3) is 3.89. The maximum atomic E-state index is 12.5. The first kappa shape index (κ1) is 17.2. The van der Waals surface area contributed by atoms with Gasteiger partial charge in [0.25, 0.3) is 0 Å². The number of likely N-dealkylation sites (tertiary alicyclic amines) is 1. The lowest BCUT2D eigenvalue weighted by atomic mass is 9.65. The fourth-order valence-corrected chi connectivity index (χ4v) is 4.32. The Bertz CT molecular complexity index is 407. The zero-order valence-electron chi connectivity index (χ0n) is 14.5. The third-order valence-electron chi connectivity index (χ3n) is 6.26. The second-order valence-corrected chi connectivity index (χ2v) is 7.67. The lowest BCUT2D eigenvalue weighted by Gasteiger charge is -2.50. The topological polar surface area (TPSA) is 53.0 Å². The maximum absolute atomic E-state index is 12.5. The summed E-state index contributed by atoms with van der Waals surface area (Å²) in [5.74, 6) is 0.932. The summed E-state index contributed by atoms with van der Waals surface area (Å²) in [5, 5.41) is 10.9. The zero-order chi connectivity index (χ0) is 16.3. The molecule has 0 aromatic rings. The summed E-state index contributed by atoms with van der Waals surface area (Å²) in [4.78, 5) is 16.8. The molecule has 2 atom stereocenters. The number of aliphatic hydroxyl groups is 1. The highest BCUT2D eigenvalue weighted by Crippen LogP contribution is 2.44. The number of nitrogens with zero attached hydrogens (tertiary/aromatic N) is 2. The monoisotopic (exact) mass is 324 g/mol. The summed E-state index contributed by atoms with van der Waals surface area (Å²) < 4.78 is 5.35. The van der Waals surface area contributed by atoms with E-state index in [2.05, 4.69) is 11.8 Å². The first-order chi connectivity index (χ1) is 11.1. The Morgan fingerprint density at radius 1 is 1.26 bits per heavy atom. The van der Waals surface area contributed by atoms with Crippen LogP contribution in [0.1, 0.15) is 45.4 Å². The highest BCUT2D eigenvalue weighted by atomic mass is 16.5. The van der Waals surface area contributed by atoms with Crippen LogP contribution in [0.25, 0.3) is 0 Å². The molecule has 5 heteroatoms. The van der Waals surface area contributed by atoms with Crippen molar-refractivity contribution in [3.05, 3.63) is 0 Å². The molecule has 3 aliphatic rings. The fourth-order valence-electron chi connectivity index (χ4n) is 4.32. The van der Waals surface area contributed by atoms with E-state index in [4.69, 9.17) is 4.74 Å². The lowest BCUT2D eigenvalue weighted by Crippen LogP contribution is -2.57. The van der Waals surface area contributed by atoms with Crippen molar-refractivity contribution in [2.45, 2.75) is 51.0 Å². The predicted octanol–water partition coefficient (Wildman–Crippen LogP) is 1.50. The Labute approximate surface area is 140 Å². The molecule has 0 radical (unpaired) electrons. The van der Waals surface area contributed by atoms with Crippen molar-refractivity contribution in [3.63, 3.8) is 0 Å². The second kappa shape index (κ2) is 7.49. The van der Waals surface area contributed by atoms with Crippen LogP contribution in [0, 0.1) is 11.8 Å². The molecular weight excluding hydrogens is 292 g/mol. The molecule has 2 aliphatic heterocycles. The van der Waals surface area contributed by atoms with Gasteiger partial charge in [-0.2, -0.15) is 0 Å². The molecule has 1 N–H and O–H groups in total. The van der Waals surface area contributed by atoms with Crippen molar-refractivity contribution in [2.75, 3.05) is 45.9 Å². The number of piperidine rings is 1. The standard InChI is InChI=1S/C18H32N2O3/c1-15-14-20(9-7-18(15,22)16-4-2-5-16)17(21)6-3-8-19-10-12-23-13-11-19/h15-16,22H,2-14H2,1H3/t15-,18+/m1/s1. The number of rotatable bonds is 5. The SMILES string of the molecule is C[C@@H]1CN(C(=O)CCCN2CCOCC2)CC[C@@]1(O)C1CCC1. The molecule has 1 aliphatic carbocycles. The van der Waals surface area contributed by atoms with E-state index in [1.54, 1.807) is 0 Å². The smallest absolute Gasteiger partial charge is 0.222 e. The molecule has 3 fully saturated rings. The third-order valence-corrected chi connectivity index (χ3v) is 6.26. The van der Waals surface area contributed by atoms with Gasteiger partial charge < -0.3 is 14.7 Å². The largest absolute Gasteiger partial charge is 0.389 e. The molecule has 0 bridgehead atoms. The summed E-state index contributed by atoms with van der Waals surface area (Å²) >= 11 is 0. The van der Waals surface area contributed by atoms with Crippen LogP contribution in [-0.2, 0) is 9.53 Å². The van der Waals surface area contributed by atoms with Gasteiger partial charge in [-0.3, -0.25) is 9.69 Å². The fraction of sp³-hybridized carbons (Fsp3) is 0.944. The normalized spacial score (nSPS) is 33.5. The van der Waals surface area contributed by atoms with Crippen molar-refractivity contribution in [2.24, 2.45) is 11.8 Å². The quantitative estimate of drug-likeness (QED) is 0.833. The van der Waals surface area contributed by atoms with Gasteiger partial charge in [0, 0.05) is 38.5 Å². The second-order valence-electron chi connectivity index (χ2n) is 7.67. The molecule has 0 spiro atoms. The van der Waals surface area contributed by atoms with Gasteiger partial charge in [-0.1, -0.05) is 13.3 Å². The van der Waals surface area contributed by atoms with Crippen LogP contribution in [0.5, 0.6) is 0 Å². The molecule has 132 valence electrons. The summed E-state index contributed by atoms with van der Waals surface area (Å²) in [6.07, 6.45) is 5.89. The van der Waals surface area contributed by atoms with Crippen LogP contribution in [0.4, 0.5) is 0 Å². The van der Waals surface area contributed by atoms with Gasteiger partial charge in [0.05, 0.1) is 18.8 Å². The van der Waals surface area contributed by atoms with E-state index in [0.29, 0.717) is 12.3 Å². The number of morpholine rings is 1. The van der Waals surface area contributed by atoms with E-state index in [1.165, 1.54) is 6.42 Å². The number of hydrogen-bond acceptors (Lipinski definition) is 4. The van der Waals surface area contributed by atoms with Gasteiger partial charge in [0.15, 0.2) is 0 Å². The van der Waals surface area contributed by atoms with Crippen molar-refractivity contribution in [1.29, 1.82) is 0 Å². The molecule has 2 heterocycles. The molecule has 1 amide bonds. The molecular formula is C18H32N2O3. The minimum Gasteiger partial charge on any atom is -0.389 e. The maximum Gasteiger partial charge on any atom is 0.222 e. The molecule has 5 nitrogen and oxygen atoms in total. The summed E-state index contributed by atoms with van der Waals surface area (Å²) in [7, 11) is 0. The molecule has 0 unspecified atom stereocenters. The van der Waals surface area contributed by atoms with Crippen LogP contribution >= 0.6 is 0 Å². The minimum absolute atomic E-state index is 0.199. The van der Waals surface area contributed by atoms with Gasteiger partial charge in [0.1, 0.15) is 0 Å². The van der Waals surface area contributed by atoms with Crippen LogP contribution in [0.3, 0.4) is 0 Å². The molecule has 23 heavy (non-hydrogen) atoms. The van der Waals surface area contributed by atoms with Gasteiger partial charge in [0.2, 0.25) is 5.91 Å². The van der Waals surface area contributed by atoms with Crippen LogP contribution < -0.4 is 0 Å². The molecule has 0 aromatic heterocycles. The van der Waals surface area contributed by atoms with E-state index in [-0.39, 0.29) is 11.8 Å². The highest BCUT2D eigenvalue weighted by Gasteiger charge is 2.47. The lowest BCUT2D eigenvalue weighted by molar-refractivity contribution is -0.150. The van der Waals surface area contributed by atoms with Gasteiger partial charge >= 0.3 is 0 Å². The van der Waals surface area contributed by atoms with Crippen LogP contribution in [-0.4, -0.2) is 72.4 Å².